The summed E-state index contributed by atoms with van der Waals surface area (Å²) in [6.07, 6.45) is 2.13. The van der Waals surface area contributed by atoms with Crippen LogP contribution >= 0.6 is 15.9 Å². The molecule has 0 saturated carbocycles. The summed E-state index contributed by atoms with van der Waals surface area (Å²) >= 11 is 3.15. The van der Waals surface area contributed by atoms with E-state index in [2.05, 4.69) is 20.7 Å². The van der Waals surface area contributed by atoms with Crippen molar-refractivity contribution in [3.63, 3.8) is 0 Å². The molecule has 0 spiro atoms. The third kappa shape index (κ3) is 3.81. The van der Waals surface area contributed by atoms with Gasteiger partial charge in [0.25, 0.3) is 0 Å². The van der Waals surface area contributed by atoms with Gasteiger partial charge in [0, 0.05) is 0 Å². The van der Waals surface area contributed by atoms with Gasteiger partial charge in [-0.3, -0.25) is 9.59 Å². The van der Waals surface area contributed by atoms with Crippen molar-refractivity contribution in [2.24, 2.45) is 5.92 Å². The summed E-state index contributed by atoms with van der Waals surface area (Å²) in [4.78, 5) is 22.4. The van der Waals surface area contributed by atoms with Crippen LogP contribution in [0.5, 0.6) is 0 Å². The molecule has 0 heterocycles. The summed E-state index contributed by atoms with van der Waals surface area (Å²) < 4.78 is 3.43. The maximum Gasteiger partial charge on any atom is 0.323 e. The molecule has 0 unspecified atom stereocenters. The lowest BCUT2D eigenvalue weighted by molar-refractivity contribution is -0.152. The average molecular weight is 281 g/mol. The summed E-state index contributed by atoms with van der Waals surface area (Å²) in [7, 11) is 1.25. The number of carboxylic acids is 1. The highest BCUT2D eigenvalue weighted by atomic mass is 79.9. The summed E-state index contributed by atoms with van der Waals surface area (Å²) in [6.45, 7) is 3.51. The van der Waals surface area contributed by atoms with E-state index in [1.807, 2.05) is 6.92 Å². The van der Waals surface area contributed by atoms with Gasteiger partial charge in [-0.15, -0.1) is 0 Å². The van der Waals surface area contributed by atoms with Crippen molar-refractivity contribution in [3.05, 3.63) is 0 Å². The number of carbonyl (C=O) groups is 2. The minimum absolute atomic E-state index is 0.461. The largest absolute Gasteiger partial charge is 0.481 e. The van der Waals surface area contributed by atoms with Gasteiger partial charge in [0.1, 0.15) is 4.32 Å². The third-order valence-electron chi connectivity index (χ3n) is 2.38. The SMILES string of the molecule is CCCC[C@@H](C(=O)O)[C@](C)(Br)C(=O)OC. The topological polar surface area (TPSA) is 63.6 Å². The first kappa shape index (κ1) is 14.4. The fraction of sp³-hybridized carbons (Fsp3) is 0.800. The van der Waals surface area contributed by atoms with Crippen LogP contribution in [0.3, 0.4) is 0 Å². The van der Waals surface area contributed by atoms with Crippen molar-refractivity contribution in [2.45, 2.75) is 37.4 Å². The molecule has 0 rings (SSSR count). The van der Waals surface area contributed by atoms with Crippen LogP contribution in [0, 0.1) is 5.92 Å². The number of halogens is 1. The molecule has 0 aromatic carbocycles. The van der Waals surface area contributed by atoms with Crippen LogP contribution in [0.25, 0.3) is 0 Å². The molecule has 1 N–H and O–H groups in total. The Morgan fingerprint density at radius 1 is 1.53 bits per heavy atom. The molecule has 5 heteroatoms. The monoisotopic (exact) mass is 280 g/mol. The Hall–Kier alpha value is -0.580. The highest BCUT2D eigenvalue weighted by Crippen LogP contribution is 2.32. The molecule has 0 fully saturated rings. The molecule has 0 radical (unpaired) electrons. The third-order valence-corrected chi connectivity index (χ3v) is 3.26. The maximum absolute atomic E-state index is 11.4. The van der Waals surface area contributed by atoms with E-state index in [-0.39, 0.29) is 0 Å². The molecule has 2 atom stereocenters. The first-order valence-electron chi connectivity index (χ1n) is 4.88. The molecule has 88 valence electrons. The number of ether oxygens (including phenoxy) is 1. The van der Waals surface area contributed by atoms with Gasteiger partial charge in [-0.1, -0.05) is 35.7 Å². The average Bonchev–Trinajstić information content (AvgIpc) is 2.16. The zero-order valence-corrected chi connectivity index (χ0v) is 10.8. The van der Waals surface area contributed by atoms with Crippen molar-refractivity contribution in [1.29, 1.82) is 0 Å². The Balaban J connectivity index is 4.73. The number of carboxylic acid groups (broad SMARTS) is 1. The van der Waals surface area contributed by atoms with Crippen LogP contribution in [-0.2, 0) is 14.3 Å². The molecule has 0 aromatic heterocycles. The van der Waals surface area contributed by atoms with Crippen LogP contribution in [-0.4, -0.2) is 28.5 Å². The van der Waals surface area contributed by atoms with Crippen LogP contribution in [0.15, 0.2) is 0 Å². The van der Waals surface area contributed by atoms with Gasteiger partial charge in [0.05, 0.1) is 13.0 Å². The number of hydrogen-bond donors (Lipinski definition) is 1. The summed E-state index contributed by atoms with van der Waals surface area (Å²) in [6, 6.07) is 0. The molecule has 0 amide bonds. The number of esters is 1. The normalized spacial score (nSPS) is 16.5. The smallest absolute Gasteiger partial charge is 0.323 e. The molecule has 0 aliphatic heterocycles. The molecule has 15 heavy (non-hydrogen) atoms. The Morgan fingerprint density at radius 3 is 2.40 bits per heavy atom. The van der Waals surface area contributed by atoms with E-state index < -0.39 is 22.2 Å². The number of unbranched alkanes of at least 4 members (excludes halogenated alkanes) is 1. The van der Waals surface area contributed by atoms with Gasteiger partial charge >= 0.3 is 11.9 Å². The minimum Gasteiger partial charge on any atom is -0.481 e. The van der Waals surface area contributed by atoms with Crippen molar-refractivity contribution >= 4 is 27.9 Å². The first-order chi connectivity index (χ1) is 6.87. The highest BCUT2D eigenvalue weighted by molar-refractivity contribution is 9.10. The minimum atomic E-state index is -1.15. The predicted octanol–water partition coefficient (Wildman–Crippen LogP) is 2.20. The van der Waals surface area contributed by atoms with E-state index in [1.54, 1.807) is 0 Å². The molecular weight excluding hydrogens is 264 g/mol. The second kappa shape index (κ2) is 6.10. The Kier molecular flexibility index (Phi) is 5.87. The number of rotatable bonds is 6. The fourth-order valence-electron chi connectivity index (χ4n) is 1.38. The van der Waals surface area contributed by atoms with Crippen molar-refractivity contribution in [2.75, 3.05) is 7.11 Å². The molecule has 0 bridgehead atoms. The number of hydrogen-bond acceptors (Lipinski definition) is 3. The molecule has 4 nitrogen and oxygen atoms in total. The number of carbonyl (C=O) groups excluding carboxylic acids is 1. The Bertz CT molecular complexity index is 238. The second-order valence-corrected chi connectivity index (χ2v) is 5.25. The lowest BCUT2D eigenvalue weighted by Gasteiger charge is -2.26. The van der Waals surface area contributed by atoms with Crippen molar-refractivity contribution < 1.29 is 19.4 Å². The van der Waals surface area contributed by atoms with Crippen LogP contribution in [0.2, 0.25) is 0 Å². The molecular formula is C10H17BrO4. The summed E-state index contributed by atoms with van der Waals surface area (Å²) in [5, 5.41) is 9.04. The van der Waals surface area contributed by atoms with Crippen LogP contribution < -0.4 is 0 Å². The molecule has 0 saturated heterocycles. The van der Waals surface area contributed by atoms with Crippen LogP contribution in [0.4, 0.5) is 0 Å². The second-order valence-electron chi connectivity index (χ2n) is 3.60. The van der Waals surface area contributed by atoms with Crippen molar-refractivity contribution in [1.82, 2.24) is 0 Å². The number of methoxy groups -OCH3 is 1. The fourth-order valence-corrected chi connectivity index (χ4v) is 1.96. The lowest BCUT2D eigenvalue weighted by Crippen LogP contribution is -2.42. The van der Waals surface area contributed by atoms with E-state index in [0.717, 1.165) is 12.8 Å². The molecule has 0 aliphatic carbocycles. The van der Waals surface area contributed by atoms with E-state index in [0.29, 0.717) is 6.42 Å². The van der Waals surface area contributed by atoms with Gasteiger partial charge in [-0.05, 0) is 13.3 Å². The van der Waals surface area contributed by atoms with E-state index >= 15 is 0 Å². The number of alkyl halides is 1. The first-order valence-corrected chi connectivity index (χ1v) is 5.67. The quantitative estimate of drug-likeness (QED) is 0.599. The lowest BCUT2D eigenvalue weighted by atomic mass is 9.89. The van der Waals surface area contributed by atoms with E-state index in [4.69, 9.17) is 5.11 Å². The Labute approximate surface area is 98.1 Å². The highest BCUT2D eigenvalue weighted by Gasteiger charge is 2.43. The van der Waals surface area contributed by atoms with E-state index in [9.17, 15) is 9.59 Å². The zero-order chi connectivity index (χ0) is 12.1. The van der Waals surface area contributed by atoms with Gasteiger partial charge in [0.2, 0.25) is 0 Å². The molecule has 0 aromatic rings. The van der Waals surface area contributed by atoms with Gasteiger partial charge in [-0.25, -0.2) is 0 Å². The maximum atomic E-state index is 11.4. The van der Waals surface area contributed by atoms with Crippen LogP contribution in [0.1, 0.15) is 33.1 Å². The van der Waals surface area contributed by atoms with Crippen molar-refractivity contribution in [3.8, 4) is 0 Å². The Morgan fingerprint density at radius 2 is 2.07 bits per heavy atom. The van der Waals surface area contributed by atoms with Gasteiger partial charge < -0.3 is 9.84 Å². The zero-order valence-electron chi connectivity index (χ0n) is 9.25. The predicted molar refractivity (Wildman–Crippen MR) is 60.0 cm³/mol. The van der Waals surface area contributed by atoms with E-state index in [1.165, 1.54) is 14.0 Å². The summed E-state index contributed by atoms with van der Waals surface area (Å²) in [5.41, 5.74) is 0. The standard InChI is InChI=1S/C10H17BrO4/c1-4-5-6-7(8(12)13)10(2,11)9(14)15-3/h7H,4-6H2,1-3H3,(H,12,13)/t7-,10-/m0/s1. The van der Waals surface area contributed by atoms with Gasteiger partial charge in [-0.2, -0.15) is 0 Å². The molecule has 0 aliphatic rings. The van der Waals surface area contributed by atoms with Gasteiger partial charge in [0.15, 0.2) is 0 Å². The summed E-state index contributed by atoms with van der Waals surface area (Å²) in [5.74, 6) is -2.29. The number of aliphatic carboxylic acids is 1.